The molecule has 318 valence electrons. The molecular formula is C42H49N7O9S2. The Kier molecular flexibility index (Phi) is 11.4. The smallest absolute Gasteiger partial charge is 0.420 e. The number of hydrogen-bond donors (Lipinski definition) is 2. The van der Waals surface area contributed by atoms with Crippen LogP contribution in [0.25, 0.3) is 21.6 Å². The van der Waals surface area contributed by atoms with Crippen molar-refractivity contribution in [3.05, 3.63) is 65.7 Å². The van der Waals surface area contributed by atoms with Gasteiger partial charge in [0.2, 0.25) is 15.9 Å². The van der Waals surface area contributed by atoms with E-state index in [1.807, 2.05) is 42.7 Å². The van der Waals surface area contributed by atoms with E-state index < -0.39 is 68.8 Å². The van der Waals surface area contributed by atoms with Gasteiger partial charge >= 0.3 is 6.09 Å². The second kappa shape index (κ2) is 16.6. The minimum absolute atomic E-state index is 0.0153. The van der Waals surface area contributed by atoms with Crippen LogP contribution >= 0.6 is 11.3 Å². The molecule has 0 bridgehead atoms. The van der Waals surface area contributed by atoms with Crippen molar-refractivity contribution >= 4 is 56.1 Å². The number of sulfonamides is 1. The van der Waals surface area contributed by atoms with Gasteiger partial charge < -0.3 is 24.4 Å². The number of nitrogens with zero attached hydrogens (tertiary/aromatic N) is 5. The van der Waals surface area contributed by atoms with Gasteiger partial charge in [-0.05, 0) is 69.9 Å². The highest BCUT2D eigenvalue weighted by atomic mass is 32.2. The molecule has 2 aliphatic carbocycles. The van der Waals surface area contributed by atoms with Crippen LogP contribution in [-0.2, 0) is 29.1 Å². The third kappa shape index (κ3) is 8.35. The fourth-order valence-electron chi connectivity index (χ4n) is 7.99. The number of carbonyl (C=O) groups excluding carboxylic acids is 4. The number of rotatable bonds is 9. The number of carbonyl (C=O) groups is 4. The van der Waals surface area contributed by atoms with E-state index in [0.29, 0.717) is 58.8 Å². The van der Waals surface area contributed by atoms with E-state index in [2.05, 4.69) is 28.9 Å². The standard InChI is InChI=1S/C42H49N7O9S2/c1-24(2)31-22-59-38(45-31)30-19-35(29-14-15-33(56-4)25(3)36(29)44-30)57-27-18-32-37(50)46-42(40(52)47-60(54,55)28-12-13-28)20-26(42)10-8-6-5-7-9-11-34(39(51)49(32)21-27)58-41(53)48-17-16-43-23-48/h8,10,14-17,19,22-24,26-28,32,34H,5-7,9,11-13,18,20-21H2,1-4H3,(H,46,50)(H,47,52)/b10-8-/t26-,27-,32+,34?,42-/m1/s1. The zero-order valence-corrected chi connectivity index (χ0v) is 35.6. The lowest BCUT2D eigenvalue weighted by Gasteiger charge is -2.29. The van der Waals surface area contributed by atoms with Gasteiger partial charge in [0.05, 0.1) is 30.1 Å². The molecule has 0 spiro atoms. The number of thiazole rings is 1. The number of nitrogens with one attached hydrogen (secondary N) is 2. The minimum Gasteiger partial charge on any atom is -0.496 e. The van der Waals surface area contributed by atoms with Gasteiger partial charge in [0, 0.05) is 47.1 Å². The molecule has 5 heterocycles. The molecule has 3 aromatic heterocycles. The van der Waals surface area contributed by atoms with E-state index in [0.717, 1.165) is 28.7 Å². The third-order valence-corrected chi connectivity index (χ3v) is 14.4. The molecule has 60 heavy (non-hydrogen) atoms. The monoisotopic (exact) mass is 859 g/mol. The topological polar surface area (TPSA) is 201 Å². The molecule has 18 heteroatoms. The van der Waals surface area contributed by atoms with Crippen LogP contribution in [-0.4, -0.2) is 99.3 Å². The van der Waals surface area contributed by atoms with Crippen molar-refractivity contribution < 1.29 is 41.8 Å². The van der Waals surface area contributed by atoms with E-state index >= 15 is 0 Å². The maximum Gasteiger partial charge on any atom is 0.420 e. The summed E-state index contributed by atoms with van der Waals surface area (Å²) >= 11 is 1.47. The lowest BCUT2D eigenvalue weighted by Crippen LogP contribution is -2.57. The summed E-state index contributed by atoms with van der Waals surface area (Å²) in [4.78, 5) is 71.5. The molecule has 8 rings (SSSR count). The Balaban J connectivity index is 1.15. The summed E-state index contributed by atoms with van der Waals surface area (Å²) in [7, 11) is -2.33. The van der Waals surface area contributed by atoms with Crippen molar-refractivity contribution in [2.24, 2.45) is 5.92 Å². The Bertz CT molecular complexity index is 2450. The van der Waals surface area contributed by atoms with E-state index in [1.165, 1.54) is 35.0 Å². The molecule has 5 atom stereocenters. The minimum atomic E-state index is -3.92. The molecule has 3 amide bonds. The lowest BCUT2D eigenvalue weighted by atomic mass is 10.1. The summed E-state index contributed by atoms with van der Waals surface area (Å²) in [6.07, 6.45) is 9.18. The SMILES string of the molecule is COc1ccc2c(O[C@@H]3C[C@H]4C(=O)N[C@]5(C(=O)NS(=O)(=O)C6CC6)C[C@H]5/C=C\CCCCCC(OC(=O)n5ccnc5)C(=O)N4C3)cc(-c3nc(C(C)C)cs3)nc2c1C. The second-order valence-electron chi connectivity index (χ2n) is 16.4. The first-order chi connectivity index (χ1) is 28.8. The Morgan fingerprint density at radius 2 is 1.90 bits per heavy atom. The average Bonchev–Trinajstić information content (AvgIpc) is 3.95. The van der Waals surface area contributed by atoms with Crippen LogP contribution < -0.4 is 19.5 Å². The quantitative estimate of drug-likeness (QED) is 0.203. The highest BCUT2D eigenvalue weighted by molar-refractivity contribution is 7.91. The fourth-order valence-corrected chi connectivity index (χ4v) is 10.3. The highest BCUT2D eigenvalue weighted by Gasteiger charge is 2.62. The Labute approximate surface area is 352 Å². The number of aryl methyl sites for hydroxylation is 1. The maximum absolute atomic E-state index is 14.7. The summed E-state index contributed by atoms with van der Waals surface area (Å²) in [6.45, 7) is 5.99. The molecule has 4 aromatic rings. The normalized spacial score (nSPS) is 25.4. The van der Waals surface area contributed by atoms with Crippen LogP contribution in [0, 0.1) is 12.8 Å². The van der Waals surface area contributed by atoms with Crippen molar-refractivity contribution in [1.82, 2.24) is 34.5 Å². The van der Waals surface area contributed by atoms with Gasteiger partial charge in [0.1, 0.15) is 46.2 Å². The van der Waals surface area contributed by atoms with Gasteiger partial charge in [-0.15, -0.1) is 11.3 Å². The molecule has 4 aliphatic rings. The number of allylic oxidation sites excluding steroid dienone is 1. The number of aromatic nitrogens is 4. The van der Waals surface area contributed by atoms with Crippen molar-refractivity contribution in [3.8, 4) is 22.2 Å². The zero-order chi connectivity index (χ0) is 42.3. The number of fused-ring (bicyclic) bond motifs is 3. The predicted molar refractivity (Wildman–Crippen MR) is 222 cm³/mol. The highest BCUT2D eigenvalue weighted by Crippen LogP contribution is 2.46. The number of imidazole rings is 1. The molecule has 2 N–H and O–H groups in total. The van der Waals surface area contributed by atoms with Gasteiger partial charge in [-0.2, -0.15) is 0 Å². The Morgan fingerprint density at radius 3 is 2.62 bits per heavy atom. The van der Waals surface area contributed by atoms with Gasteiger partial charge in [0.15, 0.2) is 6.10 Å². The summed E-state index contributed by atoms with van der Waals surface area (Å²) in [5.41, 5.74) is 1.41. The molecule has 3 fully saturated rings. The van der Waals surface area contributed by atoms with E-state index in [4.69, 9.17) is 24.2 Å². The van der Waals surface area contributed by atoms with Crippen molar-refractivity contribution in [2.75, 3.05) is 13.7 Å². The average molecular weight is 860 g/mol. The molecule has 2 saturated carbocycles. The lowest BCUT2D eigenvalue weighted by molar-refractivity contribution is -0.146. The number of methoxy groups -OCH3 is 1. The van der Waals surface area contributed by atoms with Crippen molar-refractivity contribution in [1.29, 1.82) is 0 Å². The first-order valence-corrected chi connectivity index (χ1v) is 22.9. The van der Waals surface area contributed by atoms with E-state index in [-0.39, 0.29) is 31.7 Å². The van der Waals surface area contributed by atoms with Crippen LogP contribution in [0.3, 0.4) is 0 Å². The molecule has 1 unspecified atom stereocenters. The van der Waals surface area contributed by atoms with Crippen molar-refractivity contribution in [3.63, 3.8) is 0 Å². The second-order valence-corrected chi connectivity index (χ2v) is 19.2. The van der Waals surface area contributed by atoms with Crippen molar-refractivity contribution in [2.45, 2.75) is 114 Å². The van der Waals surface area contributed by atoms with E-state index in [1.54, 1.807) is 7.11 Å². The summed E-state index contributed by atoms with van der Waals surface area (Å²) < 4.78 is 47.5. The van der Waals surface area contributed by atoms with Gasteiger partial charge in [-0.1, -0.05) is 32.4 Å². The number of hydrogen-bond acceptors (Lipinski definition) is 13. The number of benzene rings is 1. The largest absolute Gasteiger partial charge is 0.496 e. The number of amides is 3. The van der Waals surface area contributed by atoms with Gasteiger partial charge in [0.25, 0.3) is 11.8 Å². The van der Waals surface area contributed by atoms with E-state index in [9.17, 15) is 27.6 Å². The molecule has 1 aromatic carbocycles. The first kappa shape index (κ1) is 41.4. The zero-order valence-electron chi connectivity index (χ0n) is 34.0. The molecule has 16 nitrogen and oxygen atoms in total. The summed E-state index contributed by atoms with van der Waals surface area (Å²) in [5, 5.41) is 5.64. The molecule has 2 aliphatic heterocycles. The number of pyridine rings is 1. The summed E-state index contributed by atoms with van der Waals surface area (Å²) in [6, 6.07) is 4.32. The Morgan fingerprint density at radius 1 is 1.08 bits per heavy atom. The third-order valence-electron chi connectivity index (χ3n) is 11.7. The van der Waals surface area contributed by atoms with Gasteiger partial charge in [-0.25, -0.2) is 32.7 Å². The Hall–Kier alpha value is -5.36. The predicted octanol–water partition coefficient (Wildman–Crippen LogP) is 5.40. The van der Waals surface area contributed by atoms with Crippen LogP contribution in [0.15, 0.2) is 54.5 Å². The van der Waals surface area contributed by atoms with Crippen LogP contribution in [0.2, 0.25) is 0 Å². The first-order valence-electron chi connectivity index (χ1n) is 20.4. The number of ether oxygens (including phenoxy) is 3. The fraction of sp³-hybridized carbons (Fsp3) is 0.500. The molecule has 0 radical (unpaired) electrons. The molecule has 1 saturated heterocycles. The van der Waals surface area contributed by atoms with Crippen LogP contribution in [0.4, 0.5) is 4.79 Å². The maximum atomic E-state index is 14.7. The van der Waals surface area contributed by atoms with Crippen LogP contribution in [0.5, 0.6) is 11.5 Å². The van der Waals surface area contributed by atoms with Crippen LogP contribution in [0.1, 0.15) is 88.8 Å². The summed E-state index contributed by atoms with van der Waals surface area (Å²) in [5.74, 6) is -1.19. The van der Waals surface area contributed by atoms with Gasteiger partial charge in [-0.3, -0.25) is 19.1 Å². The molecular weight excluding hydrogens is 811 g/mol.